The largest absolute Gasteiger partial charge is 0.478 e. The Bertz CT molecular complexity index is 664. The molecule has 0 bridgehead atoms. The van der Waals surface area contributed by atoms with Crippen LogP contribution in [-0.2, 0) is 17.6 Å². The predicted octanol–water partition coefficient (Wildman–Crippen LogP) is 2.58. The van der Waals surface area contributed by atoms with Crippen molar-refractivity contribution >= 4 is 28.9 Å². The first kappa shape index (κ1) is 12.9. The Morgan fingerprint density at radius 3 is 2.85 bits per heavy atom. The van der Waals surface area contributed by atoms with E-state index >= 15 is 0 Å². The number of fused-ring (bicyclic) bond motifs is 1. The van der Waals surface area contributed by atoms with Gasteiger partial charge in [0.1, 0.15) is 0 Å². The molecule has 1 amide bonds. The molecule has 1 aliphatic rings. The van der Waals surface area contributed by atoms with Crippen LogP contribution < -0.4 is 4.90 Å². The summed E-state index contributed by atoms with van der Waals surface area (Å²) in [7, 11) is 0. The molecule has 4 nitrogen and oxygen atoms in total. The van der Waals surface area contributed by atoms with E-state index in [1.54, 1.807) is 34.4 Å². The Hall–Kier alpha value is -2.14. The minimum absolute atomic E-state index is 0.0604. The normalized spacial score (nSPS) is 13.3. The number of hydrogen-bond donors (Lipinski definition) is 1. The number of thiophene rings is 1. The zero-order chi connectivity index (χ0) is 14.1. The molecular weight excluding hydrogens is 274 g/mol. The zero-order valence-corrected chi connectivity index (χ0v) is 11.5. The van der Waals surface area contributed by atoms with Crippen molar-refractivity contribution in [2.24, 2.45) is 0 Å². The molecule has 0 aliphatic carbocycles. The third-order valence-corrected chi connectivity index (χ3v) is 4.19. The lowest BCUT2D eigenvalue weighted by Crippen LogP contribution is -2.30. The van der Waals surface area contributed by atoms with Gasteiger partial charge in [-0.2, -0.15) is 11.3 Å². The number of rotatable bonds is 3. The molecule has 5 heteroatoms. The molecule has 3 rings (SSSR count). The number of amides is 1. The molecule has 102 valence electrons. The van der Waals surface area contributed by atoms with Gasteiger partial charge in [0, 0.05) is 12.2 Å². The molecule has 1 N–H and O–H groups in total. The van der Waals surface area contributed by atoms with E-state index in [9.17, 15) is 9.59 Å². The van der Waals surface area contributed by atoms with Crippen molar-refractivity contribution < 1.29 is 14.7 Å². The fourth-order valence-electron chi connectivity index (χ4n) is 2.46. The van der Waals surface area contributed by atoms with E-state index < -0.39 is 5.97 Å². The summed E-state index contributed by atoms with van der Waals surface area (Å²) in [6.07, 6.45) is 1.11. The summed E-state index contributed by atoms with van der Waals surface area (Å²) in [4.78, 5) is 25.0. The first-order chi connectivity index (χ1) is 9.65. The Labute approximate surface area is 120 Å². The van der Waals surface area contributed by atoms with E-state index in [1.165, 1.54) is 0 Å². The summed E-state index contributed by atoms with van der Waals surface area (Å²) in [6, 6.07) is 6.90. The molecule has 1 aromatic carbocycles. The van der Waals surface area contributed by atoms with Crippen LogP contribution >= 0.6 is 11.3 Å². The zero-order valence-electron chi connectivity index (χ0n) is 10.7. The quantitative estimate of drug-likeness (QED) is 0.944. The summed E-state index contributed by atoms with van der Waals surface area (Å²) in [5.74, 6) is -0.874. The number of aromatic carboxylic acids is 1. The number of benzene rings is 1. The van der Waals surface area contributed by atoms with Gasteiger partial charge in [-0.25, -0.2) is 4.79 Å². The van der Waals surface area contributed by atoms with E-state index in [-0.39, 0.29) is 11.5 Å². The van der Waals surface area contributed by atoms with Gasteiger partial charge < -0.3 is 10.0 Å². The monoisotopic (exact) mass is 287 g/mol. The minimum atomic E-state index is -0.934. The molecule has 0 spiro atoms. The van der Waals surface area contributed by atoms with Crippen LogP contribution in [0.25, 0.3) is 0 Å². The third-order valence-electron chi connectivity index (χ3n) is 3.46. The first-order valence-electron chi connectivity index (χ1n) is 6.33. The number of carboxylic acids is 1. The van der Waals surface area contributed by atoms with E-state index in [0.717, 1.165) is 16.8 Å². The number of carbonyl (C=O) groups excluding carboxylic acids is 1. The Balaban J connectivity index is 1.82. The van der Waals surface area contributed by atoms with Gasteiger partial charge in [0.25, 0.3) is 0 Å². The van der Waals surface area contributed by atoms with Crippen molar-refractivity contribution in [1.82, 2.24) is 0 Å². The molecule has 0 saturated carbocycles. The maximum absolute atomic E-state index is 12.3. The molecule has 0 saturated heterocycles. The second-order valence-electron chi connectivity index (χ2n) is 4.75. The van der Waals surface area contributed by atoms with E-state index in [1.807, 2.05) is 16.8 Å². The summed E-state index contributed by atoms with van der Waals surface area (Å²) >= 11 is 1.58. The van der Waals surface area contributed by atoms with E-state index in [4.69, 9.17) is 5.11 Å². The Kier molecular flexibility index (Phi) is 3.28. The molecule has 20 heavy (non-hydrogen) atoms. The van der Waals surface area contributed by atoms with Crippen molar-refractivity contribution in [1.29, 1.82) is 0 Å². The molecule has 1 aromatic heterocycles. The van der Waals surface area contributed by atoms with Crippen molar-refractivity contribution in [3.63, 3.8) is 0 Å². The average molecular weight is 287 g/mol. The summed E-state index contributed by atoms with van der Waals surface area (Å²) in [6.45, 7) is 0.626. The highest BCUT2D eigenvalue weighted by Gasteiger charge is 2.25. The van der Waals surface area contributed by atoms with Gasteiger partial charge >= 0.3 is 5.97 Å². The Morgan fingerprint density at radius 2 is 2.15 bits per heavy atom. The van der Waals surface area contributed by atoms with Gasteiger partial charge in [0.2, 0.25) is 5.91 Å². The molecular formula is C15H13NO3S. The van der Waals surface area contributed by atoms with Crippen LogP contribution in [0.4, 0.5) is 5.69 Å². The maximum atomic E-state index is 12.3. The predicted molar refractivity (Wildman–Crippen MR) is 77.5 cm³/mol. The molecule has 0 fully saturated rings. The molecule has 1 aliphatic heterocycles. The standard InChI is InChI=1S/C15H13NO3S/c17-14(7-10-4-6-20-9-10)16-5-3-11-8-12(15(18)19)1-2-13(11)16/h1-2,4,6,8-9H,3,5,7H2,(H,18,19). The van der Waals surface area contributed by atoms with Crippen LogP contribution in [-0.4, -0.2) is 23.5 Å². The number of carbonyl (C=O) groups is 2. The maximum Gasteiger partial charge on any atom is 0.335 e. The molecule has 0 unspecified atom stereocenters. The second kappa shape index (κ2) is 5.09. The molecule has 2 aromatic rings. The van der Waals surface area contributed by atoms with Crippen LogP contribution in [0.15, 0.2) is 35.0 Å². The lowest BCUT2D eigenvalue weighted by Gasteiger charge is -2.17. The Morgan fingerprint density at radius 1 is 1.30 bits per heavy atom. The fourth-order valence-corrected chi connectivity index (χ4v) is 3.13. The van der Waals surface area contributed by atoms with Gasteiger partial charge in [-0.3, -0.25) is 4.79 Å². The number of hydrogen-bond acceptors (Lipinski definition) is 3. The lowest BCUT2D eigenvalue weighted by atomic mass is 10.1. The van der Waals surface area contributed by atoms with Crippen LogP contribution in [0.3, 0.4) is 0 Å². The first-order valence-corrected chi connectivity index (χ1v) is 7.27. The third kappa shape index (κ3) is 2.32. The topological polar surface area (TPSA) is 57.6 Å². The average Bonchev–Trinajstić information content (AvgIpc) is 3.06. The number of carboxylic acid groups (broad SMARTS) is 1. The second-order valence-corrected chi connectivity index (χ2v) is 5.53. The lowest BCUT2D eigenvalue weighted by molar-refractivity contribution is -0.117. The number of nitrogens with zero attached hydrogens (tertiary/aromatic N) is 1. The fraction of sp³-hybridized carbons (Fsp3) is 0.200. The van der Waals surface area contributed by atoms with E-state index in [0.29, 0.717) is 19.4 Å². The highest BCUT2D eigenvalue weighted by atomic mass is 32.1. The highest BCUT2D eigenvalue weighted by Crippen LogP contribution is 2.29. The van der Waals surface area contributed by atoms with Crippen molar-refractivity contribution in [3.8, 4) is 0 Å². The van der Waals surface area contributed by atoms with Crippen LogP contribution in [0.5, 0.6) is 0 Å². The van der Waals surface area contributed by atoms with Crippen molar-refractivity contribution in [2.75, 3.05) is 11.4 Å². The minimum Gasteiger partial charge on any atom is -0.478 e. The SMILES string of the molecule is O=C(O)c1ccc2c(c1)CCN2C(=O)Cc1ccsc1. The van der Waals surface area contributed by atoms with Crippen molar-refractivity contribution in [3.05, 3.63) is 51.7 Å². The van der Waals surface area contributed by atoms with Gasteiger partial charge in [0.05, 0.1) is 12.0 Å². The van der Waals surface area contributed by atoms with E-state index in [2.05, 4.69) is 0 Å². The summed E-state index contributed by atoms with van der Waals surface area (Å²) in [5.41, 5.74) is 3.07. The van der Waals surface area contributed by atoms with Gasteiger partial charge in [-0.15, -0.1) is 0 Å². The smallest absolute Gasteiger partial charge is 0.335 e. The van der Waals surface area contributed by atoms with Gasteiger partial charge in [-0.05, 0) is 52.6 Å². The van der Waals surface area contributed by atoms with Crippen LogP contribution in [0, 0.1) is 0 Å². The molecule has 2 heterocycles. The number of anilines is 1. The van der Waals surface area contributed by atoms with Crippen LogP contribution in [0.2, 0.25) is 0 Å². The van der Waals surface area contributed by atoms with Gasteiger partial charge in [-0.1, -0.05) is 0 Å². The molecule has 0 atom stereocenters. The van der Waals surface area contributed by atoms with Gasteiger partial charge in [0.15, 0.2) is 0 Å². The highest BCUT2D eigenvalue weighted by molar-refractivity contribution is 7.08. The summed E-state index contributed by atoms with van der Waals surface area (Å²) in [5, 5.41) is 12.9. The molecule has 0 radical (unpaired) electrons. The summed E-state index contributed by atoms with van der Waals surface area (Å²) < 4.78 is 0. The van der Waals surface area contributed by atoms with Crippen LogP contribution in [0.1, 0.15) is 21.5 Å². The van der Waals surface area contributed by atoms with Crippen molar-refractivity contribution in [2.45, 2.75) is 12.8 Å².